The number of rotatable bonds is 2. The van der Waals surface area contributed by atoms with Crippen LogP contribution in [-0.4, -0.2) is 28.2 Å². The van der Waals surface area contributed by atoms with Gasteiger partial charge in [0.1, 0.15) is 0 Å². The second kappa shape index (κ2) is 8.04. The Labute approximate surface area is 178 Å². The fourth-order valence-electron chi connectivity index (χ4n) is 4.84. The van der Waals surface area contributed by atoms with Crippen molar-refractivity contribution in [3.63, 3.8) is 0 Å². The van der Waals surface area contributed by atoms with Gasteiger partial charge in [0.2, 0.25) is 12.4 Å². The maximum atomic E-state index is 9.43. The lowest BCUT2D eigenvalue weighted by atomic mass is 9.88. The lowest BCUT2D eigenvalue weighted by Crippen LogP contribution is -2.32. The molecule has 1 aliphatic heterocycles. The van der Waals surface area contributed by atoms with Crippen LogP contribution in [0.25, 0.3) is 5.57 Å². The topological polar surface area (TPSA) is 40.2 Å². The quantitative estimate of drug-likeness (QED) is 0.522. The molecule has 1 saturated heterocycles. The van der Waals surface area contributed by atoms with E-state index in [9.17, 15) is 5.21 Å². The Morgan fingerprint density at radius 3 is 2.53 bits per heavy atom. The van der Waals surface area contributed by atoms with Crippen molar-refractivity contribution >= 4 is 5.57 Å². The molecular formula is C26H28N3O+. The summed E-state index contributed by atoms with van der Waals surface area (Å²) in [6.07, 6.45) is 9.62. The van der Waals surface area contributed by atoms with E-state index in [0.29, 0.717) is 0 Å². The van der Waals surface area contributed by atoms with Crippen molar-refractivity contribution in [3.05, 3.63) is 100 Å². The minimum absolute atomic E-state index is 0.925. The standard InChI is InChI=1S/C26H28N3O/c1-19-4-7-24-23(17-19)6-5-22-3-2-12-27-26(22)25(24)21-10-13-28(14-11-21)18-20-8-15-29(30)16-9-20/h2-4,7-9,12,15-17,30H,5-6,10-11,13-14,18H2,1H3/q+1. The zero-order valence-corrected chi connectivity index (χ0v) is 17.5. The molecule has 3 aromatic rings. The van der Waals surface area contributed by atoms with Crippen molar-refractivity contribution < 1.29 is 9.94 Å². The van der Waals surface area contributed by atoms with Gasteiger partial charge in [0.05, 0.1) is 5.69 Å². The second-order valence-corrected chi connectivity index (χ2v) is 8.51. The molecule has 1 fully saturated rings. The van der Waals surface area contributed by atoms with Gasteiger partial charge in [-0.05, 0) is 60.9 Å². The van der Waals surface area contributed by atoms with Gasteiger partial charge in [-0.3, -0.25) is 15.1 Å². The van der Waals surface area contributed by atoms with E-state index >= 15 is 0 Å². The third-order valence-electron chi connectivity index (χ3n) is 6.42. The van der Waals surface area contributed by atoms with Crippen LogP contribution in [0.1, 0.15) is 46.4 Å². The highest BCUT2D eigenvalue weighted by Gasteiger charge is 2.25. The van der Waals surface area contributed by atoms with Crippen LogP contribution in [0.5, 0.6) is 0 Å². The Morgan fingerprint density at radius 2 is 1.73 bits per heavy atom. The minimum Gasteiger partial charge on any atom is -0.298 e. The zero-order chi connectivity index (χ0) is 20.5. The molecule has 0 bridgehead atoms. The summed E-state index contributed by atoms with van der Waals surface area (Å²) in [6, 6.07) is 15.2. The molecule has 0 atom stereocenters. The van der Waals surface area contributed by atoms with Gasteiger partial charge in [-0.2, -0.15) is 0 Å². The van der Waals surface area contributed by atoms with E-state index in [1.807, 2.05) is 18.3 Å². The molecule has 2 aromatic heterocycles. The first kappa shape index (κ1) is 19.0. The molecule has 0 unspecified atom stereocenters. The Bertz CT molecular complexity index is 1090. The average Bonchev–Trinajstić information content (AvgIpc) is 2.93. The first-order chi connectivity index (χ1) is 14.7. The summed E-state index contributed by atoms with van der Waals surface area (Å²) in [4.78, 5) is 7.36. The summed E-state index contributed by atoms with van der Waals surface area (Å²) in [5.74, 6) is 0. The normalized spacial score (nSPS) is 16.7. The van der Waals surface area contributed by atoms with E-state index in [1.165, 1.54) is 39.1 Å². The number of benzene rings is 1. The maximum absolute atomic E-state index is 9.43. The largest absolute Gasteiger partial charge is 0.298 e. The molecule has 0 spiro atoms. The Morgan fingerprint density at radius 1 is 0.967 bits per heavy atom. The van der Waals surface area contributed by atoms with Gasteiger partial charge >= 0.3 is 0 Å². The second-order valence-electron chi connectivity index (χ2n) is 8.51. The van der Waals surface area contributed by atoms with Crippen LogP contribution in [0.2, 0.25) is 0 Å². The van der Waals surface area contributed by atoms with Crippen molar-refractivity contribution in [3.8, 4) is 0 Å². The number of hydrogen-bond donors (Lipinski definition) is 1. The molecule has 4 nitrogen and oxygen atoms in total. The van der Waals surface area contributed by atoms with Gasteiger partial charge in [-0.1, -0.05) is 35.4 Å². The molecule has 1 N–H and O–H groups in total. The van der Waals surface area contributed by atoms with Crippen molar-refractivity contribution in [2.24, 2.45) is 0 Å². The molecule has 2 aliphatic rings. The molecule has 152 valence electrons. The fraction of sp³-hybridized carbons (Fsp3) is 0.308. The lowest BCUT2D eigenvalue weighted by Gasteiger charge is -2.30. The van der Waals surface area contributed by atoms with E-state index in [2.05, 4.69) is 42.2 Å². The summed E-state index contributed by atoms with van der Waals surface area (Å²) in [5.41, 5.74) is 10.9. The first-order valence-electron chi connectivity index (χ1n) is 10.9. The fourth-order valence-corrected chi connectivity index (χ4v) is 4.84. The molecule has 1 aliphatic carbocycles. The van der Waals surface area contributed by atoms with E-state index in [0.717, 1.165) is 50.0 Å². The number of fused-ring (bicyclic) bond motifs is 2. The van der Waals surface area contributed by atoms with Crippen molar-refractivity contribution in [2.45, 2.75) is 39.2 Å². The Balaban J connectivity index is 1.46. The Hall–Kier alpha value is -2.98. The molecule has 5 rings (SSSR count). The van der Waals surface area contributed by atoms with Gasteiger partial charge in [0, 0.05) is 48.3 Å². The summed E-state index contributed by atoms with van der Waals surface area (Å²) < 4.78 is 1.10. The summed E-state index contributed by atoms with van der Waals surface area (Å²) >= 11 is 0. The Kier molecular flexibility index (Phi) is 5.09. The van der Waals surface area contributed by atoms with Crippen LogP contribution in [0.15, 0.2) is 66.6 Å². The van der Waals surface area contributed by atoms with Crippen LogP contribution in [-0.2, 0) is 19.4 Å². The molecule has 0 amide bonds. The highest BCUT2D eigenvalue weighted by Crippen LogP contribution is 2.38. The van der Waals surface area contributed by atoms with Crippen LogP contribution in [0, 0.1) is 6.92 Å². The van der Waals surface area contributed by atoms with Gasteiger partial charge in [-0.15, -0.1) is 0 Å². The average molecular weight is 399 g/mol. The van der Waals surface area contributed by atoms with E-state index in [-0.39, 0.29) is 0 Å². The molecule has 0 radical (unpaired) electrons. The minimum atomic E-state index is 0.925. The molecule has 3 heterocycles. The zero-order valence-electron chi connectivity index (χ0n) is 17.5. The molecule has 1 aromatic carbocycles. The lowest BCUT2D eigenvalue weighted by molar-refractivity contribution is -0.904. The van der Waals surface area contributed by atoms with Crippen LogP contribution in [0.4, 0.5) is 0 Å². The molecule has 0 saturated carbocycles. The van der Waals surface area contributed by atoms with Crippen LogP contribution < -0.4 is 4.73 Å². The predicted molar refractivity (Wildman–Crippen MR) is 117 cm³/mol. The number of aromatic nitrogens is 2. The third kappa shape index (κ3) is 3.75. The summed E-state index contributed by atoms with van der Waals surface area (Å²) in [6.45, 7) is 5.21. The van der Waals surface area contributed by atoms with E-state index in [1.54, 1.807) is 18.0 Å². The number of likely N-dealkylation sites (tertiary alicyclic amines) is 1. The van der Waals surface area contributed by atoms with Crippen LogP contribution >= 0.6 is 0 Å². The SMILES string of the molecule is Cc1ccc2c(c1)CCc1cccnc1C2=C1CCN(Cc2cc[n+](O)cc2)CC1. The van der Waals surface area contributed by atoms with E-state index < -0.39 is 0 Å². The van der Waals surface area contributed by atoms with Gasteiger partial charge in [-0.25, -0.2) is 0 Å². The summed E-state index contributed by atoms with van der Waals surface area (Å²) in [7, 11) is 0. The van der Waals surface area contributed by atoms with Crippen molar-refractivity contribution in [1.29, 1.82) is 0 Å². The molecule has 30 heavy (non-hydrogen) atoms. The number of nitrogens with zero attached hydrogens (tertiary/aromatic N) is 3. The van der Waals surface area contributed by atoms with Gasteiger partial charge in [0.25, 0.3) is 0 Å². The highest BCUT2D eigenvalue weighted by atomic mass is 16.5. The predicted octanol–water partition coefficient (Wildman–Crippen LogP) is 4.11. The molecular weight excluding hydrogens is 370 g/mol. The number of pyridine rings is 2. The highest BCUT2D eigenvalue weighted by molar-refractivity contribution is 5.84. The number of piperidine rings is 1. The summed E-state index contributed by atoms with van der Waals surface area (Å²) in [5, 5.41) is 9.43. The van der Waals surface area contributed by atoms with Crippen LogP contribution in [0.3, 0.4) is 0 Å². The third-order valence-corrected chi connectivity index (χ3v) is 6.42. The number of hydrogen-bond acceptors (Lipinski definition) is 3. The van der Waals surface area contributed by atoms with Gasteiger partial charge < -0.3 is 0 Å². The first-order valence-corrected chi connectivity index (χ1v) is 10.9. The maximum Gasteiger partial charge on any atom is 0.222 e. The monoisotopic (exact) mass is 398 g/mol. The van der Waals surface area contributed by atoms with Gasteiger partial charge in [0.15, 0.2) is 0 Å². The molecule has 4 heteroatoms. The van der Waals surface area contributed by atoms with Crippen molar-refractivity contribution in [1.82, 2.24) is 9.88 Å². The van der Waals surface area contributed by atoms with E-state index in [4.69, 9.17) is 4.98 Å². The smallest absolute Gasteiger partial charge is 0.222 e. The number of aryl methyl sites for hydroxylation is 3. The van der Waals surface area contributed by atoms with Crippen molar-refractivity contribution in [2.75, 3.05) is 13.1 Å².